The molecule has 2 aromatic rings. The van der Waals surface area contributed by atoms with E-state index in [1.54, 1.807) is 18.2 Å². The summed E-state index contributed by atoms with van der Waals surface area (Å²) in [5.41, 5.74) is 6.38. The molecule has 1 amide bonds. The van der Waals surface area contributed by atoms with Gasteiger partial charge < -0.3 is 11.1 Å². The second-order valence-corrected chi connectivity index (χ2v) is 4.34. The van der Waals surface area contributed by atoms with Crippen molar-refractivity contribution in [2.45, 2.75) is 6.54 Å². The van der Waals surface area contributed by atoms with Crippen molar-refractivity contribution in [3.8, 4) is 0 Å². The fraction of sp³-hybridized carbons (Fsp3) is 0.0769. The Balaban J connectivity index is 2.07. The van der Waals surface area contributed by atoms with E-state index in [4.69, 9.17) is 17.3 Å². The van der Waals surface area contributed by atoms with Crippen LogP contribution in [0, 0.1) is 5.82 Å². The predicted molar refractivity (Wildman–Crippen MR) is 71.2 cm³/mol. The van der Waals surface area contributed by atoms with E-state index in [0.29, 0.717) is 5.02 Å². The minimum atomic E-state index is -0.609. The van der Waals surface area contributed by atoms with Gasteiger partial charge in [-0.2, -0.15) is 0 Å². The molecule has 98 valence electrons. The SMILES string of the molecule is Nc1ncc(F)cc1C(=O)NCc1cccc(Cl)c1. The lowest BCUT2D eigenvalue weighted by Gasteiger charge is -2.07. The standard InChI is InChI=1S/C13H11ClFN3O/c14-9-3-1-2-8(4-9)6-18-13(19)11-5-10(15)7-17-12(11)16/h1-5,7H,6H2,(H2,16,17)(H,18,19). The van der Waals surface area contributed by atoms with Crippen LogP contribution in [0.1, 0.15) is 15.9 Å². The largest absolute Gasteiger partial charge is 0.383 e. The summed E-state index contributed by atoms with van der Waals surface area (Å²) in [5.74, 6) is -1.10. The van der Waals surface area contributed by atoms with Gasteiger partial charge >= 0.3 is 0 Å². The molecule has 4 nitrogen and oxygen atoms in total. The molecule has 0 saturated carbocycles. The van der Waals surface area contributed by atoms with Crippen molar-refractivity contribution in [3.63, 3.8) is 0 Å². The molecule has 2 rings (SSSR count). The highest BCUT2D eigenvalue weighted by Crippen LogP contribution is 2.12. The van der Waals surface area contributed by atoms with E-state index < -0.39 is 11.7 Å². The van der Waals surface area contributed by atoms with Crippen LogP contribution in [-0.4, -0.2) is 10.9 Å². The van der Waals surface area contributed by atoms with Crippen LogP contribution in [0.5, 0.6) is 0 Å². The summed E-state index contributed by atoms with van der Waals surface area (Å²) >= 11 is 5.83. The fourth-order valence-electron chi connectivity index (χ4n) is 1.56. The highest BCUT2D eigenvalue weighted by molar-refractivity contribution is 6.30. The number of carbonyl (C=O) groups is 1. The Hall–Kier alpha value is -2.14. The van der Waals surface area contributed by atoms with Crippen LogP contribution in [0.2, 0.25) is 5.02 Å². The smallest absolute Gasteiger partial charge is 0.255 e. The molecule has 0 aliphatic heterocycles. The van der Waals surface area contributed by atoms with Gasteiger partial charge in [0, 0.05) is 11.6 Å². The number of carbonyl (C=O) groups excluding carboxylic acids is 1. The fourth-order valence-corrected chi connectivity index (χ4v) is 1.77. The summed E-state index contributed by atoms with van der Waals surface area (Å²) in [6.45, 7) is 0.273. The molecule has 0 aliphatic rings. The minimum absolute atomic E-state index is 0.00926. The molecule has 0 spiro atoms. The van der Waals surface area contributed by atoms with E-state index in [-0.39, 0.29) is 17.9 Å². The Morgan fingerprint density at radius 3 is 2.95 bits per heavy atom. The van der Waals surface area contributed by atoms with Gasteiger partial charge in [-0.1, -0.05) is 23.7 Å². The maximum absolute atomic E-state index is 13.0. The summed E-state index contributed by atoms with van der Waals surface area (Å²) in [6, 6.07) is 8.12. The summed E-state index contributed by atoms with van der Waals surface area (Å²) in [4.78, 5) is 15.4. The van der Waals surface area contributed by atoms with Crippen LogP contribution in [-0.2, 0) is 6.54 Å². The van der Waals surface area contributed by atoms with E-state index >= 15 is 0 Å². The van der Waals surface area contributed by atoms with Gasteiger partial charge in [0.05, 0.1) is 11.8 Å². The lowest BCUT2D eigenvalue weighted by Crippen LogP contribution is -2.24. The van der Waals surface area contributed by atoms with E-state index in [1.165, 1.54) is 0 Å². The average Bonchev–Trinajstić information content (AvgIpc) is 2.39. The summed E-state index contributed by atoms with van der Waals surface area (Å²) in [7, 11) is 0. The number of halogens is 2. The van der Waals surface area contributed by atoms with Crippen molar-refractivity contribution in [1.29, 1.82) is 0 Å². The molecule has 1 heterocycles. The molecule has 19 heavy (non-hydrogen) atoms. The van der Waals surface area contributed by atoms with Crippen molar-refractivity contribution in [2.75, 3.05) is 5.73 Å². The zero-order chi connectivity index (χ0) is 13.8. The second-order valence-electron chi connectivity index (χ2n) is 3.90. The van der Waals surface area contributed by atoms with E-state index in [1.807, 2.05) is 6.07 Å². The average molecular weight is 280 g/mol. The maximum atomic E-state index is 13.0. The number of anilines is 1. The second kappa shape index (κ2) is 5.67. The number of nitrogens with two attached hydrogens (primary N) is 1. The van der Waals surface area contributed by atoms with Crippen molar-refractivity contribution < 1.29 is 9.18 Å². The van der Waals surface area contributed by atoms with Crippen molar-refractivity contribution in [2.24, 2.45) is 0 Å². The van der Waals surface area contributed by atoms with Crippen molar-refractivity contribution >= 4 is 23.3 Å². The van der Waals surface area contributed by atoms with Crippen molar-refractivity contribution in [1.82, 2.24) is 10.3 Å². The third kappa shape index (κ3) is 3.42. The van der Waals surface area contributed by atoms with Crippen LogP contribution in [0.25, 0.3) is 0 Å². The molecule has 0 atom stereocenters. The predicted octanol–water partition coefficient (Wildman–Crippen LogP) is 2.39. The van der Waals surface area contributed by atoms with Gasteiger partial charge in [-0.3, -0.25) is 4.79 Å². The Kier molecular flexibility index (Phi) is 3.97. The monoisotopic (exact) mass is 279 g/mol. The molecule has 0 bridgehead atoms. The summed E-state index contributed by atoms with van der Waals surface area (Å²) < 4.78 is 13.0. The number of aromatic nitrogens is 1. The van der Waals surface area contributed by atoms with Gasteiger partial charge in [0.1, 0.15) is 11.6 Å². The molecule has 3 N–H and O–H groups in total. The number of rotatable bonds is 3. The highest BCUT2D eigenvalue weighted by Gasteiger charge is 2.11. The van der Waals surface area contributed by atoms with Gasteiger partial charge in [-0.15, -0.1) is 0 Å². The first kappa shape index (κ1) is 13.3. The Morgan fingerprint density at radius 2 is 2.21 bits per heavy atom. The summed E-state index contributed by atoms with van der Waals surface area (Å²) in [6.07, 6.45) is 0.961. The Morgan fingerprint density at radius 1 is 1.42 bits per heavy atom. The third-order valence-electron chi connectivity index (χ3n) is 2.47. The number of nitrogens with one attached hydrogen (secondary N) is 1. The van der Waals surface area contributed by atoms with E-state index in [0.717, 1.165) is 17.8 Å². The first-order chi connectivity index (χ1) is 9.06. The molecule has 0 radical (unpaired) electrons. The van der Waals surface area contributed by atoms with Crippen LogP contribution in [0.4, 0.5) is 10.2 Å². The first-order valence-electron chi connectivity index (χ1n) is 5.50. The number of benzene rings is 1. The van der Waals surface area contributed by atoms with Crippen LogP contribution >= 0.6 is 11.6 Å². The topological polar surface area (TPSA) is 68.0 Å². The molecule has 1 aromatic carbocycles. The van der Waals surface area contributed by atoms with Gasteiger partial charge in [-0.25, -0.2) is 9.37 Å². The first-order valence-corrected chi connectivity index (χ1v) is 5.88. The number of nitrogens with zero attached hydrogens (tertiary/aromatic N) is 1. The molecular weight excluding hydrogens is 269 g/mol. The number of amides is 1. The number of nitrogen functional groups attached to an aromatic ring is 1. The molecule has 0 saturated heterocycles. The van der Waals surface area contributed by atoms with Gasteiger partial charge in [0.15, 0.2) is 0 Å². The van der Waals surface area contributed by atoms with Gasteiger partial charge in [0.2, 0.25) is 0 Å². The normalized spacial score (nSPS) is 10.2. The third-order valence-corrected chi connectivity index (χ3v) is 2.71. The maximum Gasteiger partial charge on any atom is 0.255 e. The number of pyridine rings is 1. The van der Waals surface area contributed by atoms with E-state index in [2.05, 4.69) is 10.3 Å². The van der Waals surface area contributed by atoms with E-state index in [9.17, 15) is 9.18 Å². The highest BCUT2D eigenvalue weighted by atomic mass is 35.5. The van der Waals surface area contributed by atoms with Crippen molar-refractivity contribution in [3.05, 3.63) is 58.5 Å². The minimum Gasteiger partial charge on any atom is -0.383 e. The molecule has 0 fully saturated rings. The van der Waals surface area contributed by atoms with Crippen LogP contribution in [0.3, 0.4) is 0 Å². The molecule has 0 unspecified atom stereocenters. The molecule has 1 aromatic heterocycles. The van der Waals surface area contributed by atoms with Crippen LogP contribution in [0.15, 0.2) is 36.5 Å². The number of hydrogen-bond donors (Lipinski definition) is 2. The summed E-state index contributed by atoms with van der Waals surface area (Å²) in [5, 5.41) is 3.21. The van der Waals surface area contributed by atoms with Gasteiger partial charge in [0.25, 0.3) is 5.91 Å². The Bertz CT molecular complexity index is 619. The zero-order valence-corrected chi connectivity index (χ0v) is 10.6. The molecular formula is C13H11ClFN3O. The Labute approximate surface area is 114 Å². The quantitative estimate of drug-likeness (QED) is 0.906. The lowest BCUT2D eigenvalue weighted by atomic mass is 10.2. The lowest BCUT2D eigenvalue weighted by molar-refractivity contribution is 0.0951. The molecule has 0 aliphatic carbocycles. The van der Waals surface area contributed by atoms with Crippen LogP contribution < -0.4 is 11.1 Å². The van der Waals surface area contributed by atoms with Gasteiger partial charge in [-0.05, 0) is 23.8 Å². The zero-order valence-electron chi connectivity index (χ0n) is 9.86. The number of hydrogen-bond acceptors (Lipinski definition) is 3. The molecule has 6 heteroatoms.